The van der Waals surface area contributed by atoms with E-state index < -0.39 is 22.6 Å². The Morgan fingerprint density at radius 1 is 1.30 bits per heavy atom. The van der Waals surface area contributed by atoms with Crippen molar-refractivity contribution in [3.05, 3.63) is 69.7 Å². The van der Waals surface area contributed by atoms with Crippen LogP contribution in [-0.4, -0.2) is 20.2 Å². The van der Waals surface area contributed by atoms with E-state index in [0.29, 0.717) is 12.1 Å². The molecule has 1 N–H and O–H groups in total. The second-order valence-electron chi connectivity index (χ2n) is 5.67. The molecule has 140 valence electrons. The fourth-order valence-corrected chi connectivity index (χ4v) is 2.64. The van der Waals surface area contributed by atoms with Gasteiger partial charge >= 0.3 is 6.18 Å². The van der Waals surface area contributed by atoms with Gasteiger partial charge in [-0.3, -0.25) is 19.3 Å². The number of imidazole rings is 1. The van der Waals surface area contributed by atoms with Gasteiger partial charge < -0.3 is 5.32 Å². The minimum Gasteiger partial charge on any atom is -0.320 e. The number of pyridine rings is 1. The molecular weight excluding hydrogens is 365 g/mol. The van der Waals surface area contributed by atoms with Crippen LogP contribution in [0.3, 0.4) is 0 Å². The molecule has 2 heterocycles. The van der Waals surface area contributed by atoms with Crippen molar-refractivity contribution in [2.45, 2.75) is 19.5 Å². The highest BCUT2D eigenvalue weighted by Gasteiger charge is 2.32. The fraction of sp³-hybridized carbons (Fsp3) is 0.176. The molecular formula is C17H13F3N4O3. The van der Waals surface area contributed by atoms with Gasteiger partial charge in [0.1, 0.15) is 11.3 Å². The number of fused-ring (bicyclic) bond motifs is 1. The number of rotatable bonds is 4. The molecule has 7 nitrogen and oxygen atoms in total. The van der Waals surface area contributed by atoms with Crippen molar-refractivity contribution in [1.82, 2.24) is 9.38 Å². The predicted molar refractivity (Wildman–Crippen MR) is 90.6 cm³/mol. The van der Waals surface area contributed by atoms with Crippen molar-refractivity contribution in [2.24, 2.45) is 0 Å². The van der Waals surface area contributed by atoms with Crippen molar-refractivity contribution in [1.29, 1.82) is 0 Å². The van der Waals surface area contributed by atoms with E-state index in [0.717, 1.165) is 22.7 Å². The number of carbonyl (C=O) groups excluding carboxylic acids is 1. The van der Waals surface area contributed by atoms with Gasteiger partial charge in [-0.05, 0) is 24.6 Å². The molecule has 0 atom stereocenters. The summed E-state index contributed by atoms with van der Waals surface area (Å²) in [5.74, 6) is -0.709. The highest BCUT2D eigenvalue weighted by molar-refractivity contribution is 6.04. The van der Waals surface area contributed by atoms with Crippen molar-refractivity contribution in [3.8, 4) is 0 Å². The third kappa shape index (κ3) is 3.59. The number of hydrogen-bond acceptors (Lipinski definition) is 4. The maximum absolute atomic E-state index is 13.0. The van der Waals surface area contributed by atoms with E-state index in [2.05, 4.69) is 10.3 Å². The summed E-state index contributed by atoms with van der Waals surface area (Å²) in [5.41, 5.74) is -0.523. The molecule has 27 heavy (non-hydrogen) atoms. The number of benzene rings is 1. The fourth-order valence-electron chi connectivity index (χ4n) is 2.64. The zero-order valence-corrected chi connectivity index (χ0v) is 13.9. The molecule has 0 unspecified atom stereocenters. The Labute approximate surface area is 150 Å². The molecule has 3 rings (SSSR count). The molecule has 0 saturated carbocycles. The van der Waals surface area contributed by atoms with Crippen molar-refractivity contribution >= 4 is 22.9 Å². The van der Waals surface area contributed by atoms with Gasteiger partial charge in [-0.2, -0.15) is 13.2 Å². The Balaban J connectivity index is 2.05. The molecule has 0 aliphatic carbocycles. The van der Waals surface area contributed by atoms with Crippen LogP contribution < -0.4 is 5.32 Å². The van der Waals surface area contributed by atoms with Crippen LogP contribution in [0.5, 0.6) is 0 Å². The van der Waals surface area contributed by atoms with Crippen LogP contribution in [0.1, 0.15) is 28.7 Å². The third-order valence-corrected chi connectivity index (χ3v) is 3.88. The molecule has 2 aromatic heterocycles. The molecule has 0 fully saturated rings. The second-order valence-corrected chi connectivity index (χ2v) is 5.67. The summed E-state index contributed by atoms with van der Waals surface area (Å²) in [6, 6.07) is 7.34. The number of alkyl halides is 3. The van der Waals surface area contributed by atoms with Crippen LogP contribution in [0.25, 0.3) is 5.65 Å². The predicted octanol–water partition coefficient (Wildman–Crippen LogP) is 4.08. The van der Waals surface area contributed by atoms with Gasteiger partial charge in [0, 0.05) is 24.0 Å². The van der Waals surface area contributed by atoms with Crippen molar-refractivity contribution in [2.75, 3.05) is 5.32 Å². The lowest BCUT2D eigenvalue weighted by Gasteiger charge is -2.09. The number of hydrogen-bond donors (Lipinski definition) is 1. The summed E-state index contributed by atoms with van der Waals surface area (Å²) in [6.07, 6.45) is -3.44. The van der Waals surface area contributed by atoms with Gasteiger partial charge in [-0.1, -0.05) is 13.0 Å². The van der Waals surface area contributed by atoms with Gasteiger partial charge in [0.25, 0.3) is 11.6 Å². The lowest BCUT2D eigenvalue weighted by atomic mass is 10.2. The van der Waals surface area contributed by atoms with E-state index >= 15 is 0 Å². The SMILES string of the molecule is CCc1nc2ccc(C(F)(F)F)cn2c1C(=O)Nc1cccc([N+](=O)[O-])c1. The smallest absolute Gasteiger partial charge is 0.320 e. The van der Waals surface area contributed by atoms with E-state index in [4.69, 9.17) is 0 Å². The largest absolute Gasteiger partial charge is 0.417 e. The number of non-ortho nitro benzene ring substituents is 1. The van der Waals surface area contributed by atoms with Crippen LogP contribution in [0.4, 0.5) is 24.5 Å². The minimum atomic E-state index is -4.57. The standard InChI is InChI=1S/C17H13F3N4O3/c1-2-13-15(16(25)21-11-4-3-5-12(8-11)24(26)27)23-9-10(17(18,19)20)6-7-14(23)22-13/h3-9H,2H2,1H3,(H,21,25). The summed E-state index contributed by atoms with van der Waals surface area (Å²) >= 11 is 0. The molecule has 1 amide bonds. The molecule has 0 spiro atoms. The average molecular weight is 378 g/mol. The van der Waals surface area contributed by atoms with E-state index in [1.807, 2.05) is 0 Å². The zero-order valence-electron chi connectivity index (χ0n) is 13.9. The molecule has 0 radical (unpaired) electrons. The van der Waals surface area contributed by atoms with Crippen molar-refractivity contribution in [3.63, 3.8) is 0 Å². The van der Waals surface area contributed by atoms with Crippen molar-refractivity contribution < 1.29 is 22.9 Å². The van der Waals surface area contributed by atoms with Gasteiger partial charge in [0.15, 0.2) is 0 Å². The molecule has 0 aliphatic rings. The first-order valence-electron chi connectivity index (χ1n) is 7.84. The van der Waals surface area contributed by atoms with Crippen LogP contribution in [0, 0.1) is 10.1 Å². The molecule has 1 aromatic carbocycles. The maximum Gasteiger partial charge on any atom is 0.417 e. The average Bonchev–Trinajstić information content (AvgIpc) is 2.99. The van der Waals surface area contributed by atoms with Gasteiger partial charge in [0.2, 0.25) is 0 Å². The number of aromatic nitrogens is 2. The van der Waals surface area contributed by atoms with Gasteiger partial charge in [-0.25, -0.2) is 4.98 Å². The first-order chi connectivity index (χ1) is 12.7. The molecule has 0 aliphatic heterocycles. The lowest BCUT2D eigenvalue weighted by molar-refractivity contribution is -0.384. The summed E-state index contributed by atoms with van der Waals surface area (Å²) in [6.45, 7) is 1.72. The Kier molecular flexibility index (Phi) is 4.56. The summed E-state index contributed by atoms with van der Waals surface area (Å²) < 4.78 is 40.1. The number of nitrogens with one attached hydrogen (secondary N) is 1. The highest BCUT2D eigenvalue weighted by Crippen LogP contribution is 2.30. The number of carbonyl (C=O) groups is 1. The van der Waals surface area contributed by atoms with E-state index in [1.54, 1.807) is 6.92 Å². The number of nitro groups is 1. The molecule has 0 saturated heterocycles. The Hall–Kier alpha value is -3.43. The van der Waals surface area contributed by atoms with E-state index in [9.17, 15) is 28.1 Å². The Morgan fingerprint density at radius 2 is 2.04 bits per heavy atom. The normalized spacial score (nSPS) is 11.6. The number of nitrogens with zero attached hydrogens (tertiary/aromatic N) is 3. The first kappa shape index (κ1) is 18.4. The summed E-state index contributed by atoms with van der Waals surface area (Å²) in [7, 11) is 0. The van der Waals surface area contributed by atoms with Crippen LogP contribution in [-0.2, 0) is 12.6 Å². The molecule has 0 bridgehead atoms. The first-order valence-corrected chi connectivity index (χ1v) is 7.84. The Morgan fingerprint density at radius 3 is 2.67 bits per heavy atom. The van der Waals surface area contributed by atoms with Crippen LogP contribution in [0.15, 0.2) is 42.6 Å². The number of anilines is 1. The highest BCUT2D eigenvalue weighted by atomic mass is 19.4. The topological polar surface area (TPSA) is 89.5 Å². The number of nitro benzene ring substituents is 1. The second kappa shape index (κ2) is 6.71. The van der Waals surface area contributed by atoms with E-state index in [-0.39, 0.29) is 22.7 Å². The monoisotopic (exact) mass is 378 g/mol. The van der Waals surface area contributed by atoms with E-state index in [1.165, 1.54) is 24.3 Å². The molecule has 10 heteroatoms. The summed E-state index contributed by atoms with van der Waals surface area (Å²) in [5, 5.41) is 13.3. The quantitative estimate of drug-likeness (QED) is 0.547. The molecule has 3 aromatic rings. The summed E-state index contributed by atoms with van der Waals surface area (Å²) in [4.78, 5) is 27.1. The lowest BCUT2D eigenvalue weighted by Crippen LogP contribution is -2.17. The van der Waals surface area contributed by atoms with Gasteiger partial charge in [-0.15, -0.1) is 0 Å². The minimum absolute atomic E-state index is 0.0508. The van der Waals surface area contributed by atoms with Crippen LogP contribution >= 0.6 is 0 Å². The van der Waals surface area contributed by atoms with Crippen LogP contribution in [0.2, 0.25) is 0 Å². The number of halogens is 3. The number of amides is 1. The number of aryl methyl sites for hydroxylation is 1. The zero-order chi connectivity index (χ0) is 19.8. The van der Waals surface area contributed by atoms with Gasteiger partial charge in [0.05, 0.1) is 16.2 Å². The maximum atomic E-state index is 13.0. The Bertz CT molecular complexity index is 1040. The third-order valence-electron chi connectivity index (χ3n) is 3.88.